The van der Waals surface area contributed by atoms with E-state index in [1.165, 1.54) is 11.3 Å². The summed E-state index contributed by atoms with van der Waals surface area (Å²) in [5.41, 5.74) is 3.49. The van der Waals surface area contributed by atoms with Crippen LogP contribution in [-0.4, -0.2) is 19.1 Å². The number of halogens is 1. The van der Waals surface area contributed by atoms with E-state index in [1.807, 2.05) is 32.4 Å². The van der Waals surface area contributed by atoms with E-state index in [9.17, 15) is 0 Å². The second-order valence-electron chi connectivity index (χ2n) is 4.72. The molecule has 3 nitrogen and oxygen atoms in total. The number of anilines is 2. The van der Waals surface area contributed by atoms with Gasteiger partial charge in [0, 0.05) is 25.8 Å². The zero-order valence-corrected chi connectivity index (χ0v) is 13.0. The summed E-state index contributed by atoms with van der Waals surface area (Å²) < 4.78 is 0.848. The second kappa shape index (κ2) is 6.06. The third-order valence-electron chi connectivity index (χ3n) is 3.02. The number of aromatic nitrogens is 1. The van der Waals surface area contributed by atoms with E-state index in [1.54, 1.807) is 0 Å². The van der Waals surface area contributed by atoms with Crippen LogP contribution in [0.15, 0.2) is 47.2 Å². The third kappa shape index (κ3) is 3.70. The van der Waals surface area contributed by atoms with Gasteiger partial charge in [-0.2, -0.15) is 0 Å². The van der Waals surface area contributed by atoms with Crippen molar-refractivity contribution in [3.8, 4) is 0 Å². The lowest BCUT2D eigenvalue weighted by molar-refractivity contribution is 0.882. The fourth-order valence-electron chi connectivity index (χ4n) is 1.86. The number of rotatable bonds is 4. The smallest absolute Gasteiger partial charge is 0.106 e. The van der Waals surface area contributed by atoms with Crippen LogP contribution in [0.4, 0.5) is 11.4 Å². The van der Waals surface area contributed by atoms with Crippen LogP contribution >= 0.6 is 15.9 Å². The van der Waals surface area contributed by atoms with E-state index in [-0.39, 0.29) is 6.04 Å². The SMILES string of the molecule is CC(Nc1ccc(Br)nc1)c1ccc(N(C)C)cc1. The van der Waals surface area contributed by atoms with Crippen molar-refractivity contribution in [2.45, 2.75) is 13.0 Å². The Morgan fingerprint density at radius 1 is 1.11 bits per heavy atom. The summed E-state index contributed by atoms with van der Waals surface area (Å²) in [4.78, 5) is 6.31. The molecular weight excluding hydrogens is 302 g/mol. The van der Waals surface area contributed by atoms with Crippen LogP contribution in [0.5, 0.6) is 0 Å². The first-order valence-corrected chi connectivity index (χ1v) is 7.01. The Balaban J connectivity index is 2.07. The van der Waals surface area contributed by atoms with E-state index in [2.05, 4.69) is 62.3 Å². The number of hydrogen-bond donors (Lipinski definition) is 1. The average molecular weight is 320 g/mol. The highest BCUT2D eigenvalue weighted by Crippen LogP contribution is 2.21. The highest BCUT2D eigenvalue weighted by atomic mass is 79.9. The highest BCUT2D eigenvalue weighted by molar-refractivity contribution is 9.10. The van der Waals surface area contributed by atoms with Crippen LogP contribution in [0.2, 0.25) is 0 Å². The monoisotopic (exact) mass is 319 g/mol. The molecule has 0 saturated carbocycles. The number of benzene rings is 1. The minimum atomic E-state index is 0.249. The van der Waals surface area contributed by atoms with Gasteiger partial charge in [0.1, 0.15) is 4.60 Å². The molecular formula is C15H18BrN3. The van der Waals surface area contributed by atoms with Crippen molar-refractivity contribution < 1.29 is 0 Å². The van der Waals surface area contributed by atoms with E-state index in [0.29, 0.717) is 0 Å². The predicted molar refractivity (Wildman–Crippen MR) is 84.7 cm³/mol. The van der Waals surface area contributed by atoms with E-state index < -0.39 is 0 Å². The summed E-state index contributed by atoms with van der Waals surface area (Å²) in [5, 5.41) is 3.44. The Hall–Kier alpha value is -1.55. The molecule has 1 unspecified atom stereocenters. The standard InChI is InChI=1S/C15H18BrN3/c1-11(18-13-6-9-15(16)17-10-13)12-4-7-14(8-5-12)19(2)3/h4-11,18H,1-3H3. The molecule has 2 rings (SSSR count). The molecule has 0 aliphatic rings. The van der Waals surface area contributed by atoms with Crippen LogP contribution in [0.25, 0.3) is 0 Å². The zero-order chi connectivity index (χ0) is 13.8. The molecule has 0 amide bonds. The minimum absolute atomic E-state index is 0.249. The predicted octanol–water partition coefficient (Wildman–Crippen LogP) is 4.08. The summed E-state index contributed by atoms with van der Waals surface area (Å²) in [6.07, 6.45) is 1.83. The molecule has 2 aromatic rings. The molecule has 1 N–H and O–H groups in total. The van der Waals surface area contributed by atoms with E-state index >= 15 is 0 Å². The molecule has 0 bridgehead atoms. The summed E-state index contributed by atoms with van der Waals surface area (Å²) >= 11 is 3.33. The molecule has 19 heavy (non-hydrogen) atoms. The van der Waals surface area contributed by atoms with Crippen molar-refractivity contribution in [3.63, 3.8) is 0 Å². The summed E-state index contributed by atoms with van der Waals surface area (Å²) in [7, 11) is 4.09. The molecule has 0 radical (unpaired) electrons. The van der Waals surface area contributed by atoms with Crippen LogP contribution in [-0.2, 0) is 0 Å². The molecule has 0 aliphatic carbocycles. The fourth-order valence-corrected chi connectivity index (χ4v) is 2.09. The van der Waals surface area contributed by atoms with Gasteiger partial charge < -0.3 is 10.2 Å². The first kappa shape index (κ1) is 13.9. The normalized spacial score (nSPS) is 12.0. The molecule has 0 spiro atoms. The van der Waals surface area contributed by atoms with Crippen molar-refractivity contribution in [2.24, 2.45) is 0 Å². The topological polar surface area (TPSA) is 28.2 Å². The largest absolute Gasteiger partial charge is 0.378 e. The van der Waals surface area contributed by atoms with E-state index in [0.717, 1.165) is 10.3 Å². The van der Waals surface area contributed by atoms with Crippen molar-refractivity contribution in [1.82, 2.24) is 4.98 Å². The van der Waals surface area contributed by atoms with Crippen LogP contribution in [0, 0.1) is 0 Å². The molecule has 0 aliphatic heterocycles. The van der Waals surface area contributed by atoms with Crippen LogP contribution in [0.3, 0.4) is 0 Å². The molecule has 1 heterocycles. The number of hydrogen-bond acceptors (Lipinski definition) is 3. The minimum Gasteiger partial charge on any atom is -0.378 e. The van der Waals surface area contributed by atoms with Gasteiger partial charge in [0.25, 0.3) is 0 Å². The highest BCUT2D eigenvalue weighted by Gasteiger charge is 2.06. The zero-order valence-electron chi connectivity index (χ0n) is 11.4. The van der Waals surface area contributed by atoms with Gasteiger partial charge >= 0.3 is 0 Å². The maximum atomic E-state index is 4.21. The summed E-state index contributed by atoms with van der Waals surface area (Å²) in [6.45, 7) is 2.15. The molecule has 1 atom stereocenters. The van der Waals surface area contributed by atoms with Gasteiger partial charge in [0.15, 0.2) is 0 Å². The first-order chi connectivity index (χ1) is 9.06. The van der Waals surface area contributed by atoms with E-state index in [4.69, 9.17) is 0 Å². The fraction of sp³-hybridized carbons (Fsp3) is 0.267. The van der Waals surface area contributed by atoms with Gasteiger partial charge in [0.2, 0.25) is 0 Å². The molecule has 4 heteroatoms. The maximum absolute atomic E-state index is 4.21. The second-order valence-corrected chi connectivity index (χ2v) is 5.53. The van der Waals surface area contributed by atoms with Gasteiger partial charge in [0.05, 0.1) is 11.9 Å². The summed E-state index contributed by atoms with van der Waals surface area (Å²) in [6, 6.07) is 12.8. The quantitative estimate of drug-likeness (QED) is 0.860. The Labute approximate surface area is 122 Å². The Morgan fingerprint density at radius 3 is 2.32 bits per heavy atom. The van der Waals surface area contributed by atoms with Crippen molar-refractivity contribution in [1.29, 1.82) is 0 Å². The lowest BCUT2D eigenvalue weighted by Gasteiger charge is -2.17. The van der Waals surface area contributed by atoms with Crippen molar-refractivity contribution in [3.05, 3.63) is 52.8 Å². The van der Waals surface area contributed by atoms with Gasteiger partial charge in [-0.3, -0.25) is 0 Å². The van der Waals surface area contributed by atoms with Crippen molar-refractivity contribution in [2.75, 3.05) is 24.3 Å². The average Bonchev–Trinajstić information content (AvgIpc) is 2.41. The molecule has 1 aromatic carbocycles. The summed E-state index contributed by atoms with van der Waals surface area (Å²) in [5.74, 6) is 0. The number of nitrogens with zero attached hydrogens (tertiary/aromatic N) is 2. The molecule has 1 aromatic heterocycles. The van der Waals surface area contributed by atoms with Crippen LogP contribution < -0.4 is 10.2 Å². The van der Waals surface area contributed by atoms with Gasteiger partial charge in [-0.05, 0) is 52.7 Å². The first-order valence-electron chi connectivity index (χ1n) is 6.21. The number of nitrogens with one attached hydrogen (secondary N) is 1. The van der Waals surface area contributed by atoms with Gasteiger partial charge in [-0.25, -0.2) is 4.98 Å². The maximum Gasteiger partial charge on any atom is 0.106 e. The van der Waals surface area contributed by atoms with Crippen molar-refractivity contribution >= 4 is 27.3 Å². The Kier molecular flexibility index (Phi) is 4.43. The van der Waals surface area contributed by atoms with Gasteiger partial charge in [-0.15, -0.1) is 0 Å². The molecule has 100 valence electrons. The number of pyridine rings is 1. The lowest BCUT2D eigenvalue weighted by atomic mass is 10.1. The molecule has 0 saturated heterocycles. The Morgan fingerprint density at radius 2 is 1.79 bits per heavy atom. The van der Waals surface area contributed by atoms with Gasteiger partial charge in [-0.1, -0.05) is 12.1 Å². The van der Waals surface area contributed by atoms with Crippen LogP contribution in [0.1, 0.15) is 18.5 Å². The Bertz CT molecular complexity index is 520. The lowest BCUT2D eigenvalue weighted by Crippen LogP contribution is -2.10. The molecule has 0 fully saturated rings. The third-order valence-corrected chi connectivity index (χ3v) is 3.49.